The van der Waals surface area contributed by atoms with Crippen LogP contribution in [0.1, 0.15) is 62.8 Å². The molecule has 2 aliphatic rings. The van der Waals surface area contributed by atoms with Crippen LogP contribution in [0.5, 0.6) is 6.01 Å². The maximum absolute atomic E-state index is 12.0. The molecule has 0 radical (unpaired) electrons. The number of nitrogens with one attached hydrogen (secondary N) is 2. The predicted octanol–water partition coefficient (Wildman–Crippen LogP) is 3.03. The Balaban J connectivity index is 1.41. The molecule has 3 rings (SSSR count). The first-order valence-corrected chi connectivity index (χ1v) is 9.14. The quantitative estimate of drug-likeness (QED) is 0.888. The summed E-state index contributed by atoms with van der Waals surface area (Å²) in [4.78, 5) is 20.7. The zero-order valence-electron chi connectivity index (χ0n) is 14.7. The van der Waals surface area contributed by atoms with Crippen LogP contribution in [0.4, 0.5) is 4.79 Å². The van der Waals surface area contributed by atoms with Gasteiger partial charge in [-0.25, -0.2) is 14.8 Å². The lowest BCUT2D eigenvalue weighted by molar-refractivity contribution is 0.128. The number of nitrogens with zero attached hydrogens (tertiary/aromatic N) is 2. The van der Waals surface area contributed by atoms with Crippen molar-refractivity contribution in [3.63, 3.8) is 0 Å². The van der Waals surface area contributed by atoms with E-state index < -0.39 is 0 Å². The third kappa shape index (κ3) is 4.82. The van der Waals surface area contributed by atoms with Crippen LogP contribution < -0.4 is 15.4 Å². The van der Waals surface area contributed by atoms with Crippen LogP contribution in [-0.4, -0.2) is 34.2 Å². The summed E-state index contributed by atoms with van der Waals surface area (Å²) >= 11 is 0. The normalized spacial score (nSPS) is 24.6. The number of urea groups is 1. The van der Waals surface area contributed by atoms with E-state index in [1.165, 1.54) is 12.8 Å². The van der Waals surface area contributed by atoms with E-state index in [4.69, 9.17) is 4.74 Å². The lowest BCUT2D eigenvalue weighted by atomic mass is 9.93. The number of ether oxygens (including phenoxy) is 1. The van der Waals surface area contributed by atoms with E-state index in [2.05, 4.69) is 20.6 Å². The van der Waals surface area contributed by atoms with Gasteiger partial charge < -0.3 is 15.4 Å². The number of hydrogen-bond acceptors (Lipinski definition) is 4. The molecule has 132 valence electrons. The molecule has 2 saturated carbocycles. The Kier molecular flexibility index (Phi) is 5.53. The number of aromatic nitrogens is 2. The molecule has 0 saturated heterocycles. The highest BCUT2D eigenvalue weighted by atomic mass is 16.5. The van der Waals surface area contributed by atoms with Crippen LogP contribution in [0.3, 0.4) is 0 Å². The molecule has 0 spiro atoms. The monoisotopic (exact) mass is 332 g/mol. The van der Waals surface area contributed by atoms with Gasteiger partial charge in [-0.15, -0.1) is 0 Å². The molecule has 0 aromatic carbocycles. The van der Waals surface area contributed by atoms with Gasteiger partial charge in [0, 0.05) is 23.5 Å². The Labute approximate surface area is 143 Å². The van der Waals surface area contributed by atoms with E-state index in [9.17, 15) is 4.79 Å². The molecule has 0 aliphatic heterocycles. The van der Waals surface area contributed by atoms with E-state index in [0.29, 0.717) is 12.1 Å². The lowest BCUT2D eigenvalue weighted by Crippen LogP contribution is -2.47. The summed E-state index contributed by atoms with van der Waals surface area (Å²) < 4.78 is 5.93. The van der Waals surface area contributed by atoms with Gasteiger partial charge in [0.15, 0.2) is 0 Å². The molecule has 2 N–H and O–H groups in total. The van der Waals surface area contributed by atoms with Crippen molar-refractivity contribution in [2.45, 2.75) is 83.4 Å². The second-order valence-corrected chi connectivity index (χ2v) is 7.12. The average molecular weight is 332 g/mol. The van der Waals surface area contributed by atoms with E-state index in [1.54, 1.807) is 0 Å². The third-order valence-corrected chi connectivity index (χ3v) is 4.93. The third-order valence-electron chi connectivity index (χ3n) is 4.93. The van der Waals surface area contributed by atoms with Crippen molar-refractivity contribution in [2.24, 2.45) is 0 Å². The van der Waals surface area contributed by atoms with Gasteiger partial charge in [-0.05, 0) is 58.4 Å². The molecule has 2 amide bonds. The molecular formula is C18H28N4O2. The Morgan fingerprint density at radius 2 is 1.50 bits per heavy atom. The molecule has 6 heteroatoms. The topological polar surface area (TPSA) is 76.1 Å². The second kappa shape index (κ2) is 7.81. The SMILES string of the molecule is Cc1cc(C)nc(OC2CCC(NC(=O)NC3CCCC3)CC2)n1. The van der Waals surface area contributed by atoms with Crippen molar-refractivity contribution in [3.05, 3.63) is 17.5 Å². The molecule has 1 heterocycles. The fraction of sp³-hybridized carbons (Fsp3) is 0.722. The molecule has 0 unspecified atom stereocenters. The fourth-order valence-corrected chi connectivity index (χ4v) is 3.70. The number of aryl methyl sites for hydroxylation is 2. The maximum atomic E-state index is 12.0. The summed E-state index contributed by atoms with van der Waals surface area (Å²) in [5.74, 6) is 0. The van der Waals surface area contributed by atoms with Crippen molar-refractivity contribution < 1.29 is 9.53 Å². The van der Waals surface area contributed by atoms with Gasteiger partial charge in [0.2, 0.25) is 0 Å². The second-order valence-electron chi connectivity index (χ2n) is 7.12. The number of carbonyl (C=O) groups excluding carboxylic acids is 1. The minimum Gasteiger partial charge on any atom is -0.460 e. The summed E-state index contributed by atoms with van der Waals surface area (Å²) in [5.41, 5.74) is 1.85. The molecule has 0 bridgehead atoms. The van der Waals surface area contributed by atoms with Crippen LogP contribution in [0.25, 0.3) is 0 Å². The van der Waals surface area contributed by atoms with Gasteiger partial charge in [0.1, 0.15) is 6.10 Å². The summed E-state index contributed by atoms with van der Waals surface area (Å²) in [6, 6.07) is 3.01. The summed E-state index contributed by atoms with van der Waals surface area (Å²) in [7, 11) is 0. The molecule has 1 aromatic heterocycles. The van der Waals surface area contributed by atoms with Gasteiger partial charge in [-0.2, -0.15) is 0 Å². The summed E-state index contributed by atoms with van der Waals surface area (Å²) in [5, 5.41) is 6.20. The summed E-state index contributed by atoms with van der Waals surface area (Å²) in [6.07, 6.45) is 8.55. The van der Waals surface area contributed by atoms with Crippen molar-refractivity contribution in [2.75, 3.05) is 0 Å². The highest BCUT2D eigenvalue weighted by Crippen LogP contribution is 2.23. The Bertz CT molecular complexity index is 544. The first-order chi connectivity index (χ1) is 11.6. The number of hydrogen-bond donors (Lipinski definition) is 2. The lowest BCUT2D eigenvalue weighted by Gasteiger charge is -2.29. The van der Waals surface area contributed by atoms with Gasteiger partial charge in [0.25, 0.3) is 0 Å². The van der Waals surface area contributed by atoms with Crippen molar-refractivity contribution in [1.82, 2.24) is 20.6 Å². The molecule has 2 aliphatic carbocycles. The molecule has 2 fully saturated rings. The summed E-state index contributed by atoms with van der Waals surface area (Å²) in [6.45, 7) is 3.90. The first-order valence-electron chi connectivity index (χ1n) is 9.14. The molecule has 6 nitrogen and oxygen atoms in total. The predicted molar refractivity (Wildman–Crippen MR) is 92.1 cm³/mol. The smallest absolute Gasteiger partial charge is 0.317 e. The Hall–Kier alpha value is -1.85. The van der Waals surface area contributed by atoms with E-state index >= 15 is 0 Å². The minimum absolute atomic E-state index is 0.0103. The minimum atomic E-state index is -0.0103. The van der Waals surface area contributed by atoms with E-state index in [1.807, 2.05) is 19.9 Å². The zero-order valence-corrected chi connectivity index (χ0v) is 14.7. The number of amides is 2. The Morgan fingerprint density at radius 1 is 0.958 bits per heavy atom. The Morgan fingerprint density at radius 3 is 2.08 bits per heavy atom. The van der Waals surface area contributed by atoms with Crippen LogP contribution >= 0.6 is 0 Å². The molecular weight excluding hydrogens is 304 g/mol. The standard InChI is InChI=1S/C18H28N4O2/c1-12-11-13(2)20-18(19-12)24-16-9-7-15(8-10-16)22-17(23)21-14-5-3-4-6-14/h11,14-16H,3-10H2,1-2H3,(H2,21,22,23). The van der Waals surface area contributed by atoms with Gasteiger partial charge in [0.05, 0.1) is 0 Å². The molecule has 1 aromatic rings. The van der Waals surface area contributed by atoms with Crippen molar-refractivity contribution >= 4 is 6.03 Å². The maximum Gasteiger partial charge on any atom is 0.317 e. The molecule has 0 atom stereocenters. The highest BCUT2D eigenvalue weighted by Gasteiger charge is 2.25. The van der Waals surface area contributed by atoms with E-state index in [-0.39, 0.29) is 18.2 Å². The fourth-order valence-electron chi connectivity index (χ4n) is 3.70. The van der Waals surface area contributed by atoms with Crippen LogP contribution in [-0.2, 0) is 0 Å². The van der Waals surface area contributed by atoms with Crippen LogP contribution in [0.2, 0.25) is 0 Å². The van der Waals surface area contributed by atoms with Crippen molar-refractivity contribution in [3.8, 4) is 6.01 Å². The van der Waals surface area contributed by atoms with Crippen molar-refractivity contribution in [1.29, 1.82) is 0 Å². The number of rotatable bonds is 4. The highest BCUT2D eigenvalue weighted by molar-refractivity contribution is 5.74. The first kappa shape index (κ1) is 17.0. The average Bonchev–Trinajstić information content (AvgIpc) is 3.01. The zero-order chi connectivity index (χ0) is 16.9. The molecule has 24 heavy (non-hydrogen) atoms. The largest absolute Gasteiger partial charge is 0.460 e. The van der Waals surface area contributed by atoms with E-state index in [0.717, 1.165) is 49.9 Å². The van der Waals surface area contributed by atoms with Gasteiger partial charge >= 0.3 is 12.0 Å². The van der Waals surface area contributed by atoms with Gasteiger partial charge in [-0.1, -0.05) is 12.8 Å². The van der Waals surface area contributed by atoms with Crippen LogP contribution in [0, 0.1) is 13.8 Å². The van der Waals surface area contributed by atoms with Gasteiger partial charge in [-0.3, -0.25) is 0 Å². The number of carbonyl (C=O) groups is 1. The van der Waals surface area contributed by atoms with Crippen LogP contribution in [0.15, 0.2) is 6.07 Å².